The molecule has 0 aliphatic carbocycles. The van der Waals surface area contributed by atoms with E-state index < -0.39 is 0 Å². The molecule has 0 atom stereocenters. The third kappa shape index (κ3) is 5.35. The molecule has 0 aromatic carbocycles. The van der Waals surface area contributed by atoms with E-state index in [1.54, 1.807) is 24.5 Å². The van der Waals surface area contributed by atoms with Crippen LogP contribution in [-0.2, 0) is 4.74 Å². The van der Waals surface area contributed by atoms with Crippen LogP contribution in [0, 0.1) is 0 Å². The molecule has 26 heavy (non-hydrogen) atoms. The lowest BCUT2D eigenvalue weighted by atomic mass is 10.4. The zero-order valence-corrected chi connectivity index (χ0v) is 15.7. The smallest absolute Gasteiger partial charge is 0.232 e. The summed E-state index contributed by atoms with van der Waals surface area (Å²) in [6.07, 6.45) is 5.13. The Morgan fingerprint density at radius 3 is 2.81 bits per heavy atom. The zero-order valence-electron chi connectivity index (χ0n) is 14.1. The Kier molecular flexibility index (Phi) is 6.69. The fraction of sp³-hybridized carbons (Fsp3) is 0.312. The van der Waals surface area contributed by atoms with E-state index in [-0.39, 0.29) is 0 Å². The van der Waals surface area contributed by atoms with E-state index in [9.17, 15) is 0 Å². The normalized spacial score (nSPS) is 13.9. The largest absolute Gasteiger partial charge is 0.378 e. The van der Waals surface area contributed by atoms with Crippen molar-refractivity contribution >= 4 is 40.9 Å². The van der Waals surface area contributed by atoms with Crippen molar-refractivity contribution in [1.29, 1.82) is 0 Å². The summed E-state index contributed by atoms with van der Waals surface area (Å²) >= 11 is 6.63. The number of morpholine rings is 1. The molecular weight excluding hydrogens is 370 g/mol. The monoisotopic (exact) mass is 389 g/mol. The lowest BCUT2D eigenvalue weighted by molar-refractivity contribution is 0.122. The average Bonchev–Trinajstić information content (AvgIpc) is 2.67. The van der Waals surface area contributed by atoms with Gasteiger partial charge in [0.2, 0.25) is 5.95 Å². The van der Waals surface area contributed by atoms with Crippen molar-refractivity contribution in [1.82, 2.24) is 25.3 Å². The standard InChI is InChI=1S/C16H19N7OS2/c1-2-4-17-15(25)22-14-20-12(23-7-9-24-10-8-23)11-13(21-14)26-16-18-5-3-6-19-16/h2-3,5-6,11H,1,4,7-10H2,(H2,17,20,21,22,25). The predicted molar refractivity (Wildman–Crippen MR) is 106 cm³/mol. The maximum atomic E-state index is 5.42. The van der Waals surface area contributed by atoms with Gasteiger partial charge in [0.05, 0.1) is 13.2 Å². The van der Waals surface area contributed by atoms with E-state index in [0.29, 0.717) is 36.0 Å². The average molecular weight is 390 g/mol. The van der Waals surface area contributed by atoms with Crippen LogP contribution in [0.2, 0.25) is 0 Å². The Labute approximate surface area is 161 Å². The first-order valence-corrected chi connectivity index (χ1v) is 9.29. The summed E-state index contributed by atoms with van der Waals surface area (Å²) in [5.41, 5.74) is 0. The molecule has 0 amide bonds. The van der Waals surface area contributed by atoms with Gasteiger partial charge in [0.1, 0.15) is 10.8 Å². The highest BCUT2D eigenvalue weighted by molar-refractivity contribution is 7.99. The van der Waals surface area contributed by atoms with Crippen LogP contribution < -0.4 is 15.5 Å². The summed E-state index contributed by atoms with van der Waals surface area (Å²) in [6.45, 7) is 7.14. The first kappa shape index (κ1) is 18.5. The molecular formula is C16H19N7OS2. The number of hydrogen-bond acceptors (Lipinski definition) is 8. The van der Waals surface area contributed by atoms with E-state index in [0.717, 1.165) is 23.9 Å². The second-order valence-electron chi connectivity index (χ2n) is 5.24. The molecule has 0 radical (unpaired) electrons. The number of nitrogens with zero attached hydrogens (tertiary/aromatic N) is 5. The molecule has 0 unspecified atom stereocenters. The molecule has 0 bridgehead atoms. The van der Waals surface area contributed by atoms with Crippen LogP contribution >= 0.6 is 24.0 Å². The van der Waals surface area contributed by atoms with Crippen molar-refractivity contribution in [3.8, 4) is 0 Å². The fourth-order valence-corrected chi connectivity index (χ4v) is 3.10. The molecule has 2 N–H and O–H groups in total. The highest BCUT2D eigenvalue weighted by atomic mass is 32.2. The van der Waals surface area contributed by atoms with Crippen molar-refractivity contribution < 1.29 is 4.74 Å². The van der Waals surface area contributed by atoms with Crippen LogP contribution in [0.3, 0.4) is 0 Å². The number of ether oxygens (including phenoxy) is 1. The van der Waals surface area contributed by atoms with Crippen molar-refractivity contribution in [2.75, 3.05) is 43.1 Å². The van der Waals surface area contributed by atoms with Gasteiger partial charge in [-0.15, -0.1) is 6.58 Å². The molecule has 3 rings (SSSR count). The Balaban J connectivity index is 1.83. The van der Waals surface area contributed by atoms with E-state index in [1.807, 2.05) is 6.07 Å². The Morgan fingerprint density at radius 1 is 1.31 bits per heavy atom. The summed E-state index contributed by atoms with van der Waals surface area (Å²) < 4.78 is 5.42. The van der Waals surface area contributed by atoms with Crippen molar-refractivity contribution in [3.63, 3.8) is 0 Å². The third-order valence-corrected chi connectivity index (χ3v) is 4.45. The highest BCUT2D eigenvalue weighted by Gasteiger charge is 2.16. The second-order valence-corrected chi connectivity index (χ2v) is 6.64. The van der Waals surface area contributed by atoms with Gasteiger partial charge in [-0.25, -0.2) is 15.0 Å². The van der Waals surface area contributed by atoms with Crippen LogP contribution in [0.15, 0.2) is 47.4 Å². The Hall–Kier alpha value is -2.30. The molecule has 136 valence electrons. The van der Waals surface area contributed by atoms with E-state index in [2.05, 4.69) is 42.0 Å². The summed E-state index contributed by atoms with van der Waals surface area (Å²) in [5, 5.41) is 7.83. The van der Waals surface area contributed by atoms with Crippen LogP contribution in [0.1, 0.15) is 0 Å². The minimum Gasteiger partial charge on any atom is -0.378 e. The number of nitrogens with one attached hydrogen (secondary N) is 2. The first-order chi connectivity index (χ1) is 12.7. The van der Waals surface area contributed by atoms with Gasteiger partial charge in [-0.1, -0.05) is 6.08 Å². The maximum Gasteiger partial charge on any atom is 0.232 e. The van der Waals surface area contributed by atoms with Crippen LogP contribution in [0.4, 0.5) is 11.8 Å². The number of anilines is 2. The summed E-state index contributed by atoms with van der Waals surface area (Å²) in [6, 6.07) is 3.71. The lowest BCUT2D eigenvalue weighted by Crippen LogP contribution is -2.37. The first-order valence-electron chi connectivity index (χ1n) is 8.07. The molecule has 2 aromatic rings. The molecule has 1 fully saturated rings. The van der Waals surface area contributed by atoms with Gasteiger partial charge >= 0.3 is 0 Å². The van der Waals surface area contributed by atoms with Crippen LogP contribution in [0.5, 0.6) is 0 Å². The Morgan fingerprint density at radius 2 is 2.08 bits per heavy atom. The van der Waals surface area contributed by atoms with Crippen LogP contribution in [0.25, 0.3) is 0 Å². The fourth-order valence-electron chi connectivity index (χ4n) is 2.22. The number of aromatic nitrogens is 4. The summed E-state index contributed by atoms with van der Waals surface area (Å²) in [7, 11) is 0. The number of thiocarbonyl (C=S) groups is 1. The number of hydrogen-bond donors (Lipinski definition) is 2. The maximum absolute atomic E-state index is 5.42. The Bertz CT molecular complexity index is 754. The molecule has 2 aromatic heterocycles. The van der Waals surface area contributed by atoms with Gasteiger partial charge in [0.25, 0.3) is 0 Å². The van der Waals surface area contributed by atoms with Crippen LogP contribution in [-0.4, -0.2) is 57.9 Å². The molecule has 1 aliphatic heterocycles. The van der Waals surface area contributed by atoms with E-state index >= 15 is 0 Å². The lowest BCUT2D eigenvalue weighted by Gasteiger charge is -2.28. The third-order valence-electron chi connectivity index (χ3n) is 3.39. The minimum absolute atomic E-state index is 0.425. The molecule has 1 saturated heterocycles. The molecule has 8 nitrogen and oxygen atoms in total. The number of rotatable bonds is 6. The van der Waals surface area contributed by atoms with Crippen molar-refractivity contribution in [3.05, 3.63) is 37.2 Å². The van der Waals surface area contributed by atoms with E-state index in [4.69, 9.17) is 17.0 Å². The van der Waals surface area contributed by atoms with Gasteiger partial charge in [-0.3, -0.25) is 0 Å². The zero-order chi connectivity index (χ0) is 18.2. The van der Waals surface area contributed by atoms with Crippen molar-refractivity contribution in [2.45, 2.75) is 10.2 Å². The van der Waals surface area contributed by atoms with Gasteiger partial charge in [0, 0.05) is 38.1 Å². The minimum atomic E-state index is 0.425. The SMILES string of the molecule is C=CCNC(=S)Nc1nc(Sc2ncccn2)cc(N2CCOCC2)n1. The molecule has 1 aliphatic rings. The summed E-state index contributed by atoms with van der Waals surface area (Å²) in [4.78, 5) is 19.7. The van der Waals surface area contributed by atoms with E-state index in [1.165, 1.54) is 11.8 Å². The highest BCUT2D eigenvalue weighted by Crippen LogP contribution is 2.27. The summed E-state index contributed by atoms with van der Waals surface area (Å²) in [5.74, 6) is 1.24. The molecule has 3 heterocycles. The quantitative estimate of drug-likeness (QED) is 0.329. The van der Waals surface area contributed by atoms with Gasteiger partial charge in [-0.2, -0.15) is 4.98 Å². The molecule has 0 saturated carbocycles. The van der Waals surface area contributed by atoms with Gasteiger partial charge < -0.3 is 20.3 Å². The predicted octanol–water partition coefficient (Wildman–Crippen LogP) is 1.73. The van der Waals surface area contributed by atoms with Gasteiger partial charge in [-0.05, 0) is 30.0 Å². The van der Waals surface area contributed by atoms with Crippen molar-refractivity contribution in [2.24, 2.45) is 0 Å². The molecule has 10 heteroatoms. The topological polar surface area (TPSA) is 88.1 Å². The van der Waals surface area contributed by atoms with Gasteiger partial charge in [0.15, 0.2) is 10.3 Å². The molecule has 0 spiro atoms. The second kappa shape index (κ2) is 9.41.